The van der Waals surface area contributed by atoms with E-state index in [1.165, 1.54) is 22.0 Å². The zero-order valence-corrected chi connectivity index (χ0v) is 13.0. The lowest BCUT2D eigenvalue weighted by molar-refractivity contribution is 0.0960. The zero-order valence-electron chi connectivity index (χ0n) is 13.0. The molecule has 0 aliphatic carbocycles. The van der Waals surface area contributed by atoms with Crippen LogP contribution in [0, 0.1) is 0 Å². The van der Waals surface area contributed by atoms with Crippen LogP contribution in [-0.2, 0) is 0 Å². The lowest BCUT2D eigenvalue weighted by atomic mass is 9.97. The van der Waals surface area contributed by atoms with Gasteiger partial charge in [-0.15, -0.1) is 0 Å². The second-order valence-electron chi connectivity index (χ2n) is 6.26. The number of hydrogen-bond acceptors (Lipinski definition) is 1. The van der Waals surface area contributed by atoms with Crippen molar-refractivity contribution in [1.29, 1.82) is 0 Å². The van der Waals surface area contributed by atoms with Gasteiger partial charge in [-0.05, 0) is 30.5 Å². The Morgan fingerprint density at radius 2 is 1.64 bits per heavy atom. The molecular weight excluding hydrogens is 270 g/mol. The first-order valence-electron chi connectivity index (χ1n) is 7.75. The summed E-state index contributed by atoms with van der Waals surface area (Å²) in [6, 6.07) is 23.9. The van der Waals surface area contributed by atoms with Gasteiger partial charge in [-0.25, -0.2) is 0 Å². The molecule has 0 fully saturated rings. The lowest BCUT2D eigenvalue weighted by Gasteiger charge is -2.43. The molecule has 1 aliphatic heterocycles. The highest BCUT2D eigenvalue weighted by Gasteiger charge is 2.39. The molecule has 2 heteroatoms. The predicted molar refractivity (Wildman–Crippen MR) is 92.0 cm³/mol. The number of hydrogen-bond donors (Lipinski definition) is 0. The molecule has 22 heavy (non-hydrogen) atoms. The first-order chi connectivity index (χ1) is 10.7. The Balaban J connectivity index is 1.87. The number of rotatable bonds is 1. The summed E-state index contributed by atoms with van der Waals surface area (Å²) < 4.78 is 7.02. The third kappa shape index (κ3) is 1.84. The van der Waals surface area contributed by atoms with Crippen LogP contribution >= 0.6 is 0 Å². The van der Waals surface area contributed by atoms with Crippen molar-refractivity contribution in [3.8, 4) is 5.75 Å². The number of benzene rings is 3. The van der Waals surface area contributed by atoms with Crippen LogP contribution in [0.1, 0.15) is 18.5 Å². The molecule has 110 valence electrons. The van der Waals surface area contributed by atoms with Crippen molar-refractivity contribution in [2.45, 2.75) is 13.0 Å². The molecule has 0 saturated heterocycles. The van der Waals surface area contributed by atoms with Gasteiger partial charge in [-0.2, -0.15) is 0 Å². The highest BCUT2D eigenvalue weighted by atomic mass is 16.5. The maximum Gasteiger partial charge on any atom is 0.228 e. The molecule has 0 spiro atoms. The van der Waals surface area contributed by atoms with E-state index in [9.17, 15) is 0 Å². The van der Waals surface area contributed by atoms with Crippen LogP contribution in [0.3, 0.4) is 0 Å². The molecule has 2 nitrogen and oxygen atoms in total. The van der Waals surface area contributed by atoms with E-state index in [-0.39, 0.29) is 0 Å². The maximum absolute atomic E-state index is 6.25. The fraction of sp³-hybridized carbons (Fsp3) is 0.200. The van der Waals surface area contributed by atoms with E-state index in [1.54, 1.807) is 0 Å². The zero-order chi connectivity index (χ0) is 15.2. The number of para-hydroxylation sites is 1. The second kappa shape index (κ2) is 4.85. The van der Waals surface area contributed by atoms with Crippen molar-refractivity contribution < 1.29 is 4.74 Å². The normalized spacial score (nSPS) is 23.8. The minimum atomic E-state index is 0.357. The molecule has 0 aromatic heterocycles. The van der Waals surface area contributed by atoms with Crippen LogP contribution in [0.25, 0.3) is 10.8 Å². The van der Waals surface area contributed by atoms with Crippen LogP contribution < -0.4 is 9.22 Å². The van der Waals surface area contributed by atoms with E-state index in [1.807, 2.05) is 0 Å². The van der Waals surface area contributed by atoms with Crippen LogP contribution in [-0.4, -0.2) is 13.8 Å². The summed E-state index contributed by atoms with van der Waals surface area (Å²) in [6.45, 7) is 2.95. The first-order valence-corrected chi connectivity index (χ1v) is 7.75. The van der Waals surface area contributed by atoms with Crippen molar-refractivity contribution in [3.63, 3.8) is 0 Å². The van der Waals surface area contributed by atoms with E-state index in [0.717, 1.165) is 10.2 Å². The average Bonchev–Trinajstić information content (AvgIpc) is 2.58. The van der Waals surface area contributed by atoms with Crippen molar-refractivity contribution in [1.82, 2.24) is 4.48 Å². The smallest absolute Gasteiger partial charge is 0.228 e. The standard InChI is InChI=1S/C20H20NO/c1-15-18-13-12-16-8-6-7-11-19(16)20(18)22-14-21(15,2)17-9-4-3-5-10-17/h3-13,15H,14H2,1-2H3/q+1. The van der Waals surface area contributed by atoms with E-state index in [0.29, 0.717) is 12.8 Å². The summed E-state index contributed by atoms with van der Waals surface area (Å²) in [5.74, 6) is 1.05. The molecule has 0 bridgehead atoms. The highest BCUT2D eigenvalue weighted by Crippen LogP contribution is 2.44. The summed E-state index contributed by atoms with van der Waals surface area (Å²) in [4.78, 5) is 0. The van der Waals surface area contributed by atoms with Gasteiger partial charge in [0.05, 0.1) is 12.6 Å². The molecule has 0 amide bonds. The summed E-state index contributed by atoms with van der Waals surface area (Å²) >= 11 is 0. The van der Waals surface area contributed by atoms with Gasteiger partial charge in [0, 0.05) is 5.39 Å². The lowest BCUT2D eigenvalue weighted by Crippen LogP contribution is -2.52. The number of ether oxygens (including phenoxy) is 1. The fourth-order valence-corrected chi connectivity index (χ4v) is 3.43. The van der Waals surface area contributed by atoms with Gasteiger partial charge in [-0.3, -0.25) is 4.48 Å². The van der Waals surface area contributed by atoms with Gasteiger partial charge in [0.15, 0.2) is 0 Å². The Morgan fingerprint density at radius 3 is 2.45 bits per heavy atom. The van der Waals surface area contributed by atoms with Crippen LogP contribution in [0.4, 0.5) is 5.69 Å². The Morgan fingerprint density at radius 1 is 0.909 bits per heavy atom. The van der Waals surface area contributed by atoms with E-state index in [4.69, 9.17) is 4.74 Å². The van der Waals surface area contributed by atoms with Gasteiger partial charge in [-0.1, -0.05) is 48.5 Å². The minimum absolute atomic E-state index is 0.357. The van der Waals surface area contributed by atoms with Crippen LogP contribution in [0.15, 0.2) is 66.7 Å². The van der Waals surface area contributed by atoms with Gasteiger partial charge in [0.1, 0.15) is 17.5 Å². The first kappa shape index (κ1) is 13.4. The van der Waals surface area contributed by atoms with Gasteiger partial charge in [0.2, 0.25) is 6.73 Å². The minimum Gasteiger partial charge on any atom is -0.444 e. The largest absolute Gasteiger partial charge is 0.444 e. The van der Waals surface area contributed by atoms with E-state index < -0.39 is 0 Å². The molecular formula is C20H20NO+. The third-order valence-corrected chi connectivity index (χ3v) is 5.04. The maximum atomic E-state index is 6.25. The molecule has 1 aliphatic rings. The van der Waals surface area contributed by atoms with Crippen LogP contribution in [0.2, 0.25) is 0 Å². The van der Waals surface area contributed by atoms with Crippen molar-refractivity contribution in [3.05, 3.63) is 72.3 Å². The quantitative estimate of drug-likeness (QED) is 0.580. The van der Waals surface area contributed by atoms with Crippen molar-refractivity contribution in [2.24, 2.45) is 0 Å². The molecule has 4 rings (SSSR count). The summed E-state index contributed by atoms with van der Waals surface area (Å²) in [6.07, 6.45) is 0. The Labute approximate surface area is 131 Å². The monoisotopic (exact) mass is 290 g/mol. The van der Waals surface area contributed by atoms with E-state index in [2.05, 4.69) is 80.7 Å². The van der Waals surface area contributed by atoms with Gasteiger partial charge >= 0.3 is 0 Å². The van der Waals surface area contributed by atoms with Gasteiger partial charge < -0.3 is 4.74 Å². The highest BCUT2D eigenvalue weighted by molar-refractivity contribution is 5.90. The third-order valence-electron chi connectivity index (χ3n) is 5.04. The fourth-order valence-electron chi connectivity index (χ4n) is 3.43. The molecule has 2 unspecified atom stereocenters. The molecule has 2 atom stereocenters. The SMILES string of the molecule is CC1c2ccc3ccccc3c2OC[N+]1(C)c1ccccc1. The van der Waals surface area contributed by atoms with Crippen molar-refractivity contribution >= 4 is 16.5 Å². The van der Waals surface area contributed by atoms with Gasteiger partial charge in [0.25, 0.3) is 0 Å². The summed E-state index contributed by atoms with van der Waals surface area (Å²) in [5, 5.41) is 2.45. The molecule has 3 aromatic rings. The van der Waals surface area contributed by atoms with E-state index >= 15 is 0 Å². The summed E-state index contributed by atoms with van der Waals surface area (Å²) in [5.41, 5.74) is 2.57. The Bertz CT molecular complexity index is 827. The predicted octanol–water partition coefficient (Wildman–Crippen LogP) is 4.89. The Kier molecular flexibility index (Phi) is 2.95. The van der Waals surface area contributed by atoms with Crippen LogP contribution in [0.5, 0.6) is 5.75 Å². The molecule has 0 N–H and O–H groups in total. The molecule has 0 radical (unpaired) electrons. The number of nitrogens with zero attached hydrogens (tertiary/aromatic N) is 1. The molecule has 1 heterocycles. The summed E-state index contributed by atoms with van der Waals surface area (Å²) in [7, 11) is 2.25. The Hall–Kier alpha value is -2.32. The average molecular weight is 290 g/mol. The number of fused-ring (bicyclic) bond motifs is 3. The molecule has 3 aromatic carbocycles. The van der Waals surface area contributed by atoms with Crippen molar-refractivity contribution in [2.75, 3.05) is 13.8 Å². The number of quaternary nitrogens is 1. The second-order valence-corrected chi connectivity index (χ2v) is 6.26. The molecule has 0 saturated carbocycles. The topological polar surface area (TPSA) is 9.23 Å².